The number of hydrogen-bond acceptors (Lipinski definition) is 3. The van der Waals surface area contributed by atoms with E-state index in [1.54, 1.807) is 0 Å². The zero-order valence-electron chi connectivity index (χ0n) is 6.42. The van der Waals surface area contributed by atoms with Crippen molar-refractivity contribution in [3.63, 3.8) is 0 Å². The lowest BCUT2D eigenvalue weighted by Crippen LogP contribution is -2.44. The number of carbonyl (C=O) groups is 1. The topological polar surface area (TPSA) is 75.4 Å². The van der Waals surface area contributed by atoms with Crippen LogP contribution in [0.1, 0.15) is 19.3 Å². The Hall–Kier alpha value is -0.610. The molecule has 0 atom stereocenters. The van der Waals surface area contributed by atoms with E-state index < -0.39 is 0 Å². The third kappa shape index (κ3) is 2.86. The van der Waals surface area contributed by atoms with E-state index in [0.29, 0.717) is 19.0 Å². The lowest BCUT2D eigenvalue weighted by atomic mass is 9.89. The highest BCUT2D eigenvalue weighted by molar-refractivity contribution is 5.73. The fourth-order valence-corrected chi connectivity index (χ4v) is 1.15. The number of primary amides is 1. The Bertz CT molecular complexity index is 143. The minimum Gasteiger partial charge on any atom is -0.393 e. The van der Waals surface area contributed by atoms with Crippen molar-refractivity contribution in [3.05, 3.63) is 0 Å². The van der Waals surface area contributed by atoms with Crippen LogP contribution < -0.4 is 11.1 Å². The normalized spacial score (nSPS) is 29.5. The van der Waals surface area contributed by atoms with Crippen LogP contribution in [-0.2, 0) is 4.79 Å². The second-order valence-electron chi connectivity index (χ2n) is 2.99. The molecule has 0 saturated heterocycles. The predicted molar refractivity (Wildman–Crippen MR) is 40.8 cm³/mol. The maximum atomic E-state index is 10.3. The van der Waals surface area contributed by atoms with Gasteiger partial charge in [-0.25, -0.2) is 0 Å². The summed E-state index contributed by atoms with van der Waals surface area (Å²) in [6.45, 7) is 0.632. The Morgan fingerprint density at radius 1 is 1.64 bits per heavy atom. The molecule has 1 rings (SSSR count). The first-order valence-corrected chi connectivity index (χ1v) is 3.88. The van der Waals surface area contributed by atoms with Crippen molar-refractivity contribution in [2.75, 3.05) is 6.54 Å². The first kappa shape index (κ1) is 8.49. The predicted octanol–water partition coefficient (Wildman–Crippen LogP) is -1.03. The van der Waals surface area contributed by atoms with Gasteiger partial charge in [-0.1, -0.05) is 0 Å². The Labute approximate surface area is 65.8 Å². The lowest BCUT2D eigenvalue weighted by Gasteiger charge is -2.31. The minimum absolute atomic E-state index is 0.138. The molecule has 1 saturated carbocycles. The van der Waals surface area contributed by atoms with Gasteiger partial charge in [0.25, 0.3) is 0 Å². The van der Waals surface area contributed by atoms with E-state index in [9.17, 15) is 4.79 Å². The van der Waals surface area contributed by atoms with Crippen molar-refractivity contribution < 1.29 is 9.90 Å². The van der Waals surface area contributed by atoms with Crippen LogP contribution in [0.15, 0.2) is 0 Å². The first-order valence-electron chi connectivity index (χ1n) is 3.88. The number of aliphatic hydroxyl groups excluding tert-OH is 1. The number of nitrogens with one attached hydrogen (secondary N) is 1. The molecule has 1 amide bonds. The summed E-state index contributed by atoms with van der Waals surface area (Å²) in [6.07, 6.45) is 1.85. The molecule has 0 aliphatic heterocycles. The third-order valence-electron chi connectivity index (χ3n) is 1.92. The molecular formula is C7H14N2O2. The van der Waals surface area contributed by atoms with Gasteiger partial charge in [-0.3, -0.25) is 4.79 Å². The molecule has 0 heterocycles. The monoisotopic (exact) mass is 158 g/mol. The standard InChI is InChI=1S/C7H14N2O2/c8-7(11)1-2-9-5-3-6(10)4-5/h5-6,9-10H,1-4H2,(H2,8,11). The van der Waals surface area contributed by atoms with Crippen LogP contribution in [0.2, 0.25) is 0 Å². The van der Waals surface area contributed by atoms with E-state index in [0.717, 1.165) is 12.8 Å². The van der Waals surface area contributed by atoms with Crippen molar-refractivity contribution in [2.45, 2.75) is 31.4 Å². The van der Waals surface area contributed by atoms with Crippen LogP contribution in [0.5, 0.6) is 0 Å². The average Bonchev–Trinajstić information content (AvgIpc) is 1.83. The molecule has 0 radical (unpaired) electrons. The number of hydrogen-bond donors (Lipinski definition) is 3. The van der Waals surface area contributed by atoms with Crippen molar-refractivity contribution in [2.24, 2.45) is 5.73 Å². The van der Waals surface area contributed by atoms with E-state index in [4.69, 9.17) is 10.8 Å². The largest absolute Gasteiger partial charge is 0.393 e. The van der Waals surface area contributed by atoms with E-state index >= 15 is 0 Å². The van der Waals surface area contributed by atoms with Crippen LogP contribution in [0.3, 0.4) is 0 Å². The van der Waals surface area contributed by atoms with Gasteiger partial charge < -0.3 is 16.2 Å². The summed E-state index contributed by atoms with van der Waals surface area (Å²) < 4.78 is 0. The number of carbonyl (C=O) groups excluding carboxylic acids is 1. The van der Waals surface area contributed by atoms with Crippen LogP contribution in [0.4, 0.5) is 0 Å². The molecular weight excluding hydrogens is 144 g/mol. The minimum atomic E-state index is -0.280. The molecule has 4 heteroatoms. The molecule has 4 N–H and O–H groups in total. The Morgan fingerprint density at radius 3 is 2.73 bits per heavy atom. The SMILES string of the molecule is NC(=O)CCNC1CC(O)C1. The van der Waals surface area contributed by atoms with Crippen LogP contribution >= 0.6 is 0 Å². The van der Waals surface area contributed by atoms with Crippen LogP contribution in [-0.4, -0.2) is 29.7 Å². The van der Waals surface area contributed by atoms with E-state index in [-0.39, 0.29) is 12.0 Å². The molecule has 1 aliphatic carbocycles. The summed E-state index contributed by atoms with van der Waals surface area (Å²) in [5.74, 6) is -0.280. The van der Waals surface area contributed by atoms with E-state index in [1.807, 2.05) is 0 Å². The van der Waals surface area contributed by atoms with Gasteiger partial charge in [0.1, 0.15) is 0 Å². The van der Waals surface area contributed by atoms with Crippen molar-refractivity contribution in [1.82, 2.24) is 5.32 Å². The molecule has 0 aromatic carbocycles. The van der Waals surface area contributed by atoms with Crippen molar-refractivity contribution in [3.8, 4) is 0 Å². The van der Waals surface area contributed by atoms with Gasteiger partial charge in [0.15, 0.2) is 0 Å². The molecule has 0 aromatic rings. The second kappa shape index (κ2) is 3.69. The van der Waals surface area contributed by atoms with Crippen molar-refractivity contribution in [1.29, 1.82) is 0 Å². The maximum Gasteiger partial charge on any atom is 0.218 e. The summed E-state index contributed by atoms with van der Waals surface area (Å²) in [6, 6.07) is 0.393. The molecule has 0 spiro atoms. The Balaban J connectivity index is 1.92. The number of aliphatic hydroxyl groups is 1. The summed E-state index contributed by atoms with van der Waals surface area (Å²) in [4.78, 5) is 10.3. The summed E-state index contributed by atoms with van der Waals surface area (Å²) in [5, 5.41) is 12.0. The molecule has 4 nitrogen and oxygen atoms in total. The quantitative estimate of drug-likeness (QED) is 0.490. The Kier molecular flexibility index (Phi) is 2.84. The average molecular weight is 158 g/mol. The van der Waals surface area contributed by atoms with Gasteiger partial charge in [-0.15, -0.1) is 0 Å². The summed E-state index contributed by atoms with van der Waals surface area (Å²) in [5.41, 5.74) is 4.94. The Morgan fingerprint density at radius 2 is 2.27 bits per heavy atom. The molecule has 11 heavy (non-hydrogen) atoms. The maximum absolute atomic E-state index is 10.3. The molecule has 0 aromatic heterocycles. The van der Waals surface area contributed by atoms with Gasteiger partial charge in [0.2, 0.25) is 5.91 Å². The molecule has 1 aliphatic rings. The first-order chi connectivity index (χ1) is 5.18. The van der Waals surface area contributed by atoms with Gasteiger partial charge in [0, 0.05) is 19.0 Å². The second-order valence-corrected chi connectivity index (χ2v) is 2.99. The number of amides is 1. The smallest absolute Gasteiger partial charge is 0.218 e. The highest BCUT2D eigenvalue weighted by Gasteiger charge is 2.25. The number of nitrogens with two attached hydrogens (primary N) is 1. The molecule has 0 bridgehead atoms. The van der Waals surface area contributed by atoms with Gasteiger partial charge in [0.05, 0.1) is 6.10 Å². The highest BCUT2D eigenvalue weighted by Crippen LogP contribution is 2.18. The third-order valence-corrected chi connectivity index (χ3v) is 1.92. The van der Waals surface area contributed by atoms with Crippen LogP contribution in [0.25, 0.3) is 0 Å². The fraction of sp³-hybridized carbons (Fsp3) is 0.857. The molecule has 0 unspecified atom stereocenters. The molecule has 1 fully saturated rings. The fourth-order valence-electron chi connectivity index (χ4n) is 1.15. The van der Waals surface area contributed by atoms with E-state index in [2.05, 4.69) is 5.32 Å². The van der Waals surface area contributed by atoms with Crippen LogP contribution in [0, 0.1) is 0 Å². The highest BCUT2D eigenvalue weighted by atomic mass is 16.3. The van der Waals surface area contributed by atoms with E-state index in [1.165, 1.54) is 0 Å². The van der Waals surface area contributed by atoms with Gasteiger partial charge >= 0.3 is 0 Å². The zero-order valence-corrected chi connectivity index (χ0v) is 6.42. The number of rotatable bonds is 4. The van der Waals surface area contributed by atoms with Gasteiger partial charge in [-0.05, 0) is 12.8 Å². The van der Waals surface area contributed by atoms with Crippen molar-refractivity contribution >= 4 is 5.91 Å². The molecule has 64 valence electrons. The summed E-state index contributed by atoms with van der Waals surface area (Å²) >= 11 is 0. The lowest BCUT2D eigenvalue weighted by molar-refractivity contribution is -0.117. The summed E-state index contributed by atoms with van der Waals surface area (Å²) in [7, 11) is 0. The van der Waals surface area contributed by atoms with Gasteiger partial charge in [-0.2, -0.15) is 0 Å². The zero-order chi connectivity index (χ0) is 8.27.